The molecule has 1 rings (SSSR count). The molecule has 0 aliphatic heterocycles. The molecule has 0 aliphatic rings. The second-order valence-corrected chi connectivity index (χ2v) is 5.50. The Bertz CT molecular complexity index is 467. The minimum absolute atomic E-state index is 0.00499. The Morgan fingerprint density at radius 2 is 2.00 bits per heavy atom. The maximum atomic E-state index is 13.0. The second-order valence-electron chi connectivity index (χ2n) is 5.09. The topological polar surface area (TPSA) is 46.3 Å². The van der Waals surface area contributed by atoms with Crippen LogP contribution >= 0.6 is 11.6 Å². The first-order valence-corrected chi connectivity index (χ1v) is 7.17. The second kappa shape index (κ2) is 7.04. The summed E-state index contributed by atoms with van der Waals surface area (Å²) in [7, 11) is 1.72. The molecule has 0 unspecified atom stereocenters. The van der Waals surface area contributed by atoms with Gasteiger partial charge in [-0.2, -0.15) is 0 Å². The van der Waals surface area contributed by atoms with Crippen LogP contribution in [-0.2, 0) is 11.3 Å². The Morgan fingerprint density at radius 3 is 2.45 bits per heavy atom. The molecule has 2 N–H and O–H groups in total. The third-order valence-electron chi connectivity index (χ3n) is 3.97. The maximum Gasteiger partial charge on any atom is 0.230 e. The monoisotopic (exact) mass is 300 g/mol. The highest BCUT2D eigenvalue weighted by atomic mass is 35.5. The molecule has 0 atom stereocenters. The van der Waals surface area contributed by atoms with Gasteiger partial charge in [0.25, 0.3) is 0 Å². The molecular weight excluding hydrogens is 279 g/mol. The predicted octanol–water partition coefficient (Wildman–Crippen LogP) is 3.20. The summed E-state index contributed by atoms with van der Waals surface area (Å²) in [4.78, 5) is 14.2. The summed E-state index contributed by atoms with van der Waals surface area (Å²) in [6.07, 6.45) is 1.39. The number of carbonyl (C=O) groups is 1. The molecule has 0 heterocycles. The van der Waals surface area contributed by atoms with E-state index in [0.29, 0.717) is 31.0 Å². The number of amides is 1. The van der Waals surface area contributed by atoms with Gasteiger partial charge in [0.15, 0.2) is 0 Å². The van der Waals surface area contributed by atoms with Crippen LogP contribution in [0.4, 0.5) is 4.39 Å². The number of halogens is 2. The minimum Gasteiger partial charge on any atom is -0.341 e. The molecule has 0 saturated carbocycles. The van der Waals surface area contributed by atoms with E-state index in [9.17, 15) is 9.18 Å². The number of nitrogens with zero attached hydrogens (tertiary/aromatic N) is 1. The lowest BCUT2D eigenvalue weighted by atomic mass is 9.81. The Hall–Kier alpha value is -1.13. The highest BCUT2D eigenvalue weighted by Crippen LogP contribution is 2.28. The summed E-state index contributed by atoms with van der Waals surface area (Å²) in [6.45, 7) is 4.60. The van der Waals surface area contributed by atoms with E-state index in [1.54, 1.807) is 18.0 Å². The van der Waals surface area contributed by atoms with Crippen molar-refractivity contribution in [1.82, 2.24) is 4.90 Å². The fourth-order valence-corrected chi connectivity index (χ4v) is 2.54. The van der Waals surface area contributed by atoms with Crippen molar-refractivity contribution in [3.63, 3.8) is 0 Å². The van der Waals surface area contributed by atoms with Crippen LogP contribution in [0.2, 0.25) is 5.02 Å². The highest BCUT2D eigenvalue weighted by molar-refractivity contribution is 6.31. The number of hydrogen-bond donors (Lipinski definition) is 1. The third kappa shape index (κ3) is 3.49. The summed E-state index contributed by atoms with van der Waals surface area (Å²) in [6, 6.07) is 4.20. The summed E-state index contributed by atoms with van der Waals surface area (Å²) in [5.41, 5.74) is 5.99. The first kappa shape index (κ1) is 16.9. The number of nitrogens with two attached hydrogens (primary N) is 1. The Morgan fingerprint density at radius 1 is 1.40 bits per heavy atom. The fraction of sp³-hybridized carbons (Fsp3) is 0.533. The van der Waals surface area contributed by atoms with Gasteiger partial charge in [0.05, 0.1) is 5.41 Å². The molecule has 0 bridgehead atoms. The number of rotatable bonds is 6. The van der Waals surface area contributed by atoms with Crippen molar-refractivity contribution in [1.29, 1.82) is 0 Å². The lowest BCUT2D eigenvalue weighted by Crippen LogP contribution is -2.45. The van der Waals surface area contributed by atoms with Crippen molar-refractivity contribution in [2.45, 2.75) is 33.2 Å². The minimum atomic E-state index is -0.527. The smallest absolute Gasteiger partial charge is 0.230 e. The number of carbonyl (C=O) groups excluding carboxylic acids is 1. The molecule has 0 radical (unpaired) electrons. The van der Waals surface area contributed by atoms with Crippen LogP contribution < -0.4 is 5.73 Å². The van der Waals surface area contributed by atoms with E-state index in [4.69, 9.17) is 17.3 Å². The molecular formula is C15H22ClFN2O. The van der Waals surface area contributed by atoms with Crippen LogP contribution in [0.25, 0.3) is 0 Å². The van der Waals surface area contributed by atoms with E-state index in [0.717, 1.165) is 5.56 Å². The molecule has 112 valence electrons. The standard InChI is InChI=1S/C15H22ClFN2O/c1-4-15(5-2,10-18)14(20)19(3)9-11-6-7-12(17)8-13(11)16/h6-8H,4-5,9-10,18H2,1-3H3. The Labute approximate surface area is 124 Å². The van der Waals surface area contributed by atoms with Crippen LogP contribution in [0.5, 0.6) is 0 Å². The maximum absolute atomic E-state index is 13.0. The van der Waals surface area contributed by atoms with Crippen LogP contribution in [0, 0.1) is 11.2 Å². The van der Waals surface area contributed by atoms with Crippen molar-refractivity contribution < 1.29 is 9.18 Å². The number of hydrogen-bond acceptors (Lipinski definition) is 2. The quantitative estimate of drug-likeness (QED) is 0.877. The van der Waals surface area contributed by atoms with Crippen molar-refractivity contribution in [3.05, 3.63) is 34.6 Å². The van der Waals surface area contributed by atoms with Gasteiger partial charge in [-0.1, -0.05) is 31.5 Å². The molecule has 0 saturated heterocycles. The van der Waals surface area contributed by atoms with Crippen LogP contribution in [-0.4, -0.2) is 24.4 Å². The average Bonchev–Trinajstić information content (AvgIpc) is 2.44. The normalized spacial score (nSPS) is 11.5. The lowest BCUT2D eigenvalue weighted by Gasteiger charge is -2.33. The van der Waals surface area contributed by atoms with Gasteiger partial charge in [0.1, 0.15) is 5.82 Å². The van der Waals surface area contributed by atoms with Gasteiger partial charge in [0, 0.05) is 25.2 Å². The first-order valence-electron chi connectivity index (χ1n) is 6.79. The molecule has 3 nitrogen and oxygen atoms in total. The number of benzene rings is 1. The lowest BCUT2D eigenvalue weighted by molar-refractivity contribution is -0.141. The molecule has 20 heavy (non-hydrogen) atoms. The van der Waals surface area contributed by atoms with E-state index in [-0.39, 0.29) is 11.7 Å². The van der Waals surface area contributed by atoms with Crippen molar-refractivity contribution in [2.75, 3.05) is 13.6 Å². The van der Waals surface area contributed by atoms with Gasteiger partial charge >= 0.3 is 0 Å². The molecule has 0 spiro atoms. The molecule has 0 fully saturated rings. The summed E-state index contributed by atoms with van der Waals surface area (Å²) in [5.74, 6) is -0.378. The van der Waals surface area contributed by atoms with Crippen molar-refractivity contribution in [3.8, 4) is 0 Å². The summed E-state index contributed by atoms with van der Waals surface area (Å²) in [5, 5.41) is 0.330. The summed E-state index contributed by atoms with van der Waals surface area (Å²) < 4.78 is 13.0. The van der Waals surface area contributed by atoms with Gasteiger partial charge in [-0.05, 0) is 30.5 Å². The zero-order valence-corrected chi connectivity index (χ0v) is 13.0. The van der Waals surface area contributed by atoms with E-state index >= 15 is 0 Å². The molecule has 0 aromatic heterocycles. The molecule has 0 aliphatic carbocycles. The Balaban J connectivity index is 2.89. The largest absolute Gasteiger partial charge is 0.341 e. The van der Waals surface area contributed by atoms with Crippen LogP contribution in [0.15, 0.2) is 18.2 Å². The van der Waals surface area contributed by atoms with Gasteiger partial charge in [-0.3, -0.25) is 4.79 Å². The van der Waals surface area contributed by atoms with Gasteiger partial charge in [0.2, 0.25) is 5.91 Å². The van der Waals surface area contributed by atoms with Gasteiger partial charge in [-0.15, -0.1) is 0 Å². The highest BCUT2D eigenvalue weighted by Gasteiger charge is 2.35. The first-order chi connectivity index (χ1) is 9.40. The third-order valence-corrected chi connectivity index (χ3v) is 4.32. The molecule has 1 aromatic carbocycles. The van der Waals surface area contributed by atoms with Gasteiger partial charge < -0.3 is 10.6 Å². The van der Waals surface area contributed by atoms with Crippen molar-refractivity contribution in [2.24, 2.45) is 11.1 Å². The Kier molecular flexibility index (Phi) is 5.96. The van der Waals surface area contributed by atoms with Crippen LogP contribution in [0.3, 0.4) is 0 Å². The van der Waals surface area contributed by atoms with Gasteiger partial charge in [-0.25, -0.2) is 4.39 Å². The fourth-order valence-electron chi connectivity index (χ4n) is 2.31. The summed E-state index contributed by atoms with van der Waals surface area (Å²) >= 11 is 5.99. The predicted molar refractivity (Wildman–Crippen MR) is 80.0 cm³/mol. The molecule has 1 aromatic rings. The van der Waals surface area contributed by atoms with Crippen molar-refractivity contribution >= 4 is 17.5 Å². The van der Waals surface area contributed by atoms with E-state index < -0.39 is 5.41 Å². The van der Waals surface area contributed by atoms with E-state index in [1.165, 1.54) is 12.1 Å². The SMILES string of the molecule is CCC(CC)(CN)C(=O)N(C)Cc1ccc(F)cc1Cl. The van der Waals surface area contributed by atoms with E-state index in [1.807, 2.05) is 13.8 Å². The molecule has 1 amide bonds. The zero-order valence-electron chi connectivity index (χ0n) is 12.2. The van der Waals surface area contributed by atoms with E-state index in [2.05, 4.69) is 0 Å². The average molecular weight is 301 g/mol. The molecule has 5 heteroatoms. The zero-order chi connectivity index (χ0) is 15.3. The van der Waals surface area contributed by atoms with Crippen LogP contribution in [0.1, 0.15) is 32.3 Å².